The van der Waals surface area contributed by atoms with Gasteiger partial charge >= 0.3 is 12.0 Å². The number of morpholine rings is 2. The lowest BCUT2D eigenvalue weighted by atomic mass is 10.4. The molecule has 0 atom stereocenters. The molecule has 0 spiro atoms. The lowest BCUT2D eigenvalue weighted by Gasteiger charge is -2.25. The highest BCUT2D eigenvalue weighted by atomic mass is 79.9. The van der Waals surface area contributed by atoms with Gasteiger partial charge in [0.15, 0.2) is 16.2 Å². The SMILES string of the molecule is C1COCCN1.COC(=O)c1scc(Br)c1O.O=c1nc(N2CCOCC2)oc2c(Br)csc12. The van der Waals surface area contributed by atoms with Crippen LogP contribution in [-0.2, 0) is 14.2 Å². The Balaban J connectivity index is 0.000000163. The number of methoxy groups -OCH3 is 1. The van der Waals surface area contributed by atoms with Crippen LogP contribution in [0.25, 0.3) is 10.3 Å². The molecule has 3 aromatic heterocycles. The van der Waals surface area contributed by atoms with Crippen LogP contribution in [0.4, 0.5) is 6.01 Å². The molecule has 186 valence electrons. The van der Waals surface area contributed by atoms with Gasteiger partial charge < -0.3 is 34.0 Å². The maximum absolute atomic E-state index is 11.8. The number of carbonyl (C=O) groups is 1. The predicted octanol–water partition coefficient (Wildman–Crippen LogP) is 3.46. The number of anilines is 1. The Hall–Kier alpha value is -1.55. The maximum Gasteiger partial charge on any atom is 0.351 e. The summed E-state index contributed by atoms with van der Waals surface area (Å²) in [5.41, 5.74) is 0.347. The Bertz CT molecular complexity index is 1130. The van der Waals surface area contributed by atoms with E-state index < -0.39 is 5.97 Å². The van der Waals surface area contributed by atoms with Crippen LogP contribution in [0.2, 0.25) is 0 Å². The van der Waals surface area contributed by atoms with E-state index in [1.165, 1.54) is 18.4 Å². The molecule has 10 nitrogen and oxygen atoms in total. The van der Waals surface area contributed by atoms with E-state index in [1.807, 2.05) is 10.3 Å². The van der Waals surface area contributed by atoms with E-state index in [2.05, 4.69) is 46.9 Å². The first-order chi connectivity index (χ1) is 16.4. The van der Waals surface area contributed by atoms with Crippen molar-refractivity contribution in [2.24, 2.45) is 0 Å². The number of nitrogens with one attached hydrogen (secondary N) is 1. The number of halogens is 2. The summed E-state index contributed by atoms with van der Waals surface area (Å²) in [5, 5.41) is 15.8. The van der Waals surface area contributed by atoms with Crippen molar-refractivity contribution in [1.29, 1.82) is 0 Å². The summed E-state index contributed by atoms with van der Waals surface area (Å²) >= 11 is 8.91. The third-order valence-electron chi connectivity index (χ3n) is 4.51. The van der Waals surface area contributed by atoms with Gasteiger partial charge in [-0.15, -0.1) is 22.7 Å². The summed E-state index contributed by atoms with van der Waals surface area (Å²) in [7, 11) is 1.27. The fourth-order valence-electron chi connectivity index (χ4n) is 2.79. The number of aromatic hydroxyl groups is 1. The van der Waals surface area contributed by atoms with Crippen molar-refractivity contribution in [1.82, 2.24) is 10.3 Å². The molecule has 3 aromatic rings. The van der Waals surface area contributed by atoms with Gasteiger partial charge in [-0.2, -0.15) is 4.98 Å². The molecule has 2 N–H and O–H groups in total. The van der Waals surface area contributed by atoms with E-state index in [0.717, 1.165) is 42.1 Å². The van der Waals surface area contributed by atoms with Crippen molar-refractivity contribution in [3.8, 4) is 5.75 Å². The number of hydrogen-bond acceptors (Lipinski definition) is 12. The number of nitrogens with zero attached hydrogens (tertiary/aromatic N) is 2. The molecule has 5 rings (SSSR count). The molecule has 0 aliphatic carbocycles. The first-order valence-corrected chi connectivity index (χ1v) is 13.5. The normalized spacial score (nSPS) is 15.7. The van der Waals surface area contributed by atoms with Crippen LogP contribution in [0.3, 0.4) is 0 Å². The number of ether oxygens (including phenoxy) is 3. The van der Waals surface area contributed by atoms with Crippen molar-refractivity contribution < 1.29 is 28.5 Å². The molecule has 14 heteroatoms. The highest BCUT2D eigenvalue weighted by Gasteiger charge is 2.18. The second-order valence-electron chi connectivity index (χ2n) is 6.76. The molecule has 2 aliphatic heterocycles. The lowest BCUT2D eigenvalue weighted by molar-refractivity contribution is 0.0603. The molecule has 5 heterocycles. The first kappa shape index (κ1) is 27.0. The molecule has 34 heavy (non-hydrogen) atoms. The fraction of sp³-hybridized carbons (Fsp3) is 0.450. The zero-order chi connectivity index (χ0) is 24.5. The largest absolute Gasteiger partial charge is 0.505 e. The van der Waals surface area contributed by atoms with Gasteiger partial charge in [0.25, 0.3) is 5.56 Å². The summed E-state index contributed by atoms with van der Waals surface area (Å²) in [6.45, 7) is 6.49. The third kappa shape index (κ3) is 7.23. The third-order valence-corrected chi connectivity index (χ3v) is 8.21. The van der Waals surface area contributed by atoms with Gasteiger partial charge in [-0.25, -0.2) is 4.79 Å². The molecule has 0 amide bonds. The zero-order valence-electron chi connectivity index (χ0n) is 18.2. The van der Waals surface area contributed by atoms with Crippen molar-refractivity contribution in [3.05, 3.63) is 34.9 Å². The molecule has 0 unspecified atom stereocenters. The van der Waals surface area contributed by atoms with Gasteiger partial charge in [0.1, 0.15) is 4.70 Å². The number of rotatable bonds is 2. The Morgan fingerprint density at radius 1 is 1.12 bits per heavy atom. The van der Waals surface area contributed by atoms with Crippen molar-refractivity contribution >= 4 is 76.8 Å². The highest BCUT2D eigenvalue weighted by molar-refractivity contribution is 9.11. The monoisotopic (exact) mass is 639 g/mol. The number of esters is 1. The van der Waals surface area contributed by atoms with Crippen molar-refractivity contribution in [3.63, 3.8) is 0 Å². The Kier molecular flexibility index (Phi) is 10.8. The summed E-state index contributed by atoms with van der Waals surface area (Å²) in [6.07, 6.45) is 0. The van der Waals surface area contributed by atoms with Gasteiger partial charge in [0, 0.05) is 36.9 Å². The second-order valence-corrected chi connectivity index (χ2v) is 10.2. The predicted molar refractivity (Wildman–Crippen MR) is 138 cm³/mol. The van der Waals surface area contributed by atoms with Crippen LogP contribution in [-0.4, -0.2) is 75.8 Å². The van der Waals surface area contributed by atoms with Crippen LogP contribution < -0.4 is 15.8 Å². The summed E-state index contributed by atoms with van der Waals surface area (Å²) < 4.78 is 22.2. The van der Waals surface area contributed by atoms with Gasteiger partial charge in [0.2, 0.25) is 0 Å². The van der Waals surface area contributed by atoms with Gasteiger partial charge in [-0.3, -0.25) is 4.79 Å². The van der Waals surface area contributed by atoms with E-state index in [0.29, 0.717) is 47.1 Å². The van der Waals surface area contributed by atoms with Crippen LogP contribution in [0.15, 0.2) is 28.9 Å². The molecular weight excluding hydrogens is 618 g/mol. The molecular formula is C20H23Br2N3O7S2. The first-order valence-electron chi connectivity index (χ1n) is 10.2. The molecule has 0 bridgehead atoms. The molecule has 0 radical (unpaired) electrons. The quantitative estimate of drug-likeness (QED) is 0.403. The van der Waals surface area contributed by atoms with Crippen LogP contribution in [0.5, 0.6) is 5.75 Å². The zero-order valence-corrected chi connectivity index (χ0v) is 23.0. The smallest absolute Gasteiger partial charge is 0.351 e. The fourth-order valence-corrected chi connectivity index (χ4v) is 5.56. The van der Waals surface area contributed by atoms with Gasteiger partial charge in [-0.05, 0) is 31.9 Å². The molecule has 2 aliphatic rings. The second kappa shape index (κ2) is 13.5. The number of fused-ring (bicyclic) bond motifs is 1. The Morgan fingerprint density at radius 3 is 2.29 bits per heavy atom. The Labute approximate surface area is 220 Å². The average molecular weight is 641 g/mol. The highest BCUT2D eigenvalue weighted by Crippen LogP contribution is 2.34. The summed E-state index contributed by atoms with van der Waals surface area (Å²) in [5.74, 6) is -0.569. The maximum atomic E-state index is 11.8. The minimum absolute atomic E-state index is 0.0538. The minimum Gasteiger partial charge on any atom is -0.505 e. The molecule has 2 fully saturated rings. The molecule has 0 aromatic carbocycles. The Morgan fingerprint density at radius 2 is 1.76 bits per heavy atom. The van der Waals surface area contributed by atoms with Crippen molar-refractivity contribution in [2.45, 2.75) is 0 Å². The van der Waals surface area contributed by atoms with Crippen LogP contribution >= 0.6 is 54.5 Å². The van der Waals surface area contributed by atoms with E-state index in [9.17, 15) is 14.7 Å². The standard InChI is InChI=1S/C10H9BrN2O3S.C6H5BrO3S.C4H9NO/c11-6-5-17-8-7(6)16-10(12-9(8)14)13-1-3-15-4-2-13;1-10-6(9)5-4(8)3(7)2-11-5;1-3-6-4-2-5-1/h5H,1-4H2;2,8H,1H3;5H,1-4H2. The van der Waals surface area contributed by atoms with Crippen LogP contribution in [0, 0.1) is 0 Å². The van der Waals surface area contributed by atoms with E-state index in [1.54, 1.807) is 5.38 Å². The minimum atomic E-state index is -0.516. The molecule has 0 saturated carbocycles. The average Bonchev–Trinajstić information content (AvgIpc) is 3.43. The number of thiophene rings is 2. The number of aromatic nitrogens is 1. The van der Waals surface area contributed by atoms with Crippen molar-refractivity contribution in [2.75, 3.05) is 64.6 Å². The van der Waals surface area contributed by atoms with E-state index in [4.69, 9.17) is 13.9 Å². The topological polar surface area (TPSA) is 123 Å². The number of hydrogen-bond donors (Lipinski definition) is 2. The molecule has 2 saturated heterocycles. The number of carbonyl (C=O) groups excluding carboxylic acids is 1. The lowest BCUT2D eigenvalue weighted by Crippen LogP contribution is -2.37. The summed E-state index contributed by atoms with van der Waals surface area (Å²) in [4.78, 5) is 28.8. The summed E-state index contributed by atoms with van der Waals surface area (Å²) in [6, 6.07) is 0.380. The van der Waals surface area contributed by atoms with Gasteiger partial charge in [-0.1, -0.05) is 0 Å². The van der Waals surface area contributed by atoms with Crippen LogP contribution in [0.1, 0.15) is 9.67 Å². The van der Waals surface area contributed by atoms with Gasteiger partial charge in [0.05, 0.1) is 42.5 Å². The van der Waals surface area contributed by atoms with E-state index >= 15 is 0 Å². The van der Waals surface area contributed by atoms with E-state index in [-0.39, 0.29) is 16.2 Å².